The molecule has 6 nitrogen and oxygen atoms in total. The van der Waals surface area contributed by atoms with Crippen LogP contribution in [0.3, 0.4) is 0 Å². The van der Waals surface area contributed by atoms with Gasteiger partial charge in [-0.15, -0.1) is 0 Å². The third kappa shape index (κ3) is 3.32. The van der Waals surface area contributed by atoms with Crippen LogP contribution in [0.5, 0.6) is 0 Å². The van der Waals surface area contributed by atoms with Crippen LogP contribution in [-0.2, 0) is 11.2 Å². The number of carbonyl (C=O) groups excluding carboxylic acids is 2. The number of aryl methyl sites for hydroxylation is 2. The summed E-state index contributed by atoms with van der Waals surface area (Å²) in [4.78, 5) is 31.3. The Bertz CT molecular complexity index is 739. The summed E-state index contributed by atoms with van der Waals surface area (Å²) in [6.45, 7) is 4.52. The van der Waals surface area contributed by atoms with Crippen LogP contribution < -0.4 is 5.32 Å². The molecule has 2 heterocycles. The number of rotatable bonds is 3. The van der Waals surface area contributed by atoms with Crippen molar-refractivity contribution in [1.82, 2.24) is 15.2 Å². The molecule has 0 aliphatic carbocycles. The zero-order valence-electron chi connectivity index (χ0n) is 13.9. The van der Waals surface area contributed by atoms with Gasteiger partial charge in [0.2, 0.25) is 5.91 Å². The van der Waals surface area contributed by atoms with E-state index < -0.39 is 6.04 Å². The lowest BCUT2D eigenvalue weighted by Gasteiger charge is -2.28. The van der Waals surface area contributed by atoms with Crippen LogP contribution in [-0.4, -0.2) is 40.8 Å². The number of benzene rings is 1. The lowest BCUT2D eigenvalue weighted by atomic mass is 10.0. The molecule has 1 fully saturated rings. The molecular formula is C18H21N3O3. The average molecular weight is 327 g/mol. The minimum Gasteiger partial charge on any atom is -0.445 e. The molecule has 3 rings (SSSR count). The lowest BCUT2D eigenvalue weighted by Crippen LogP contribution is -2.48. The van der Waals surface area contributed by atoms with Crippen molar-refractivity contribution in [3.8, 4) is 0 Å². The number of carbonyl (C=O) groups is 2. The Morgan fingerprint density at radius 1 is 1.33 bits per heavy atom. The summed E-state index contributed by atoms with van der Waals surface area (Å²) in [6.07, 6.45) is 1.20. The van der Waals surface area contributed by atoms with Crippen molar-refractivity contribution in [2.45, 2.75) is 32.7 Å². The Hall–Kier alpha value is -2.63. The number of nitrogens with one attached hydrogen (secondary N) is 1. The fourth-order valence-corrected chi connectivity index (χ4v) is 3.02. The normalized spacial score (nSPS) is 18.2. The van der Waals surface area contributed by atoms with Crippen LogP contribution in [0.4, 0.5) is 0 Å². The molecule has 24 heavy (non-hydrogen) atoms. The molecule has 1 aliphatic heterocycles. The maximum Gasteiger partial charge on any atom is 0.276 e. The molecule has 0 radical (unpaired) electrons. The van der Waals surface area contributed by atoms with Crippen molar-refractivity contribution in [3.63, 3.8) is 0 Å². The second-order valence-corrected chi connectivity index (χ2v) is 5.99. The van der Waals surface area contributed by atoms with Gasteiger partial charge in [-0.1, -0.05) is 30.3 Å². The second kappa shape index (κ2) is 6.86. The lowest BCUT2D eigenvalue weighted by molar-refractivity contribution is -0.124. The molecule has 1 aromatic heterocycles. The quantitative estimate of drug-likeness (QED) is 0.934. The van der Waals surface area contributed by atoms with Gasteiger partial charge in [0.25, 0.3) is 5.91 Å². The van der Waals surface area contributed by atoms with E-state index in [0.29, 0.717) is 36.9 Å². The molecule has 0 bridgehead atoms. The van der Waals surface area contributed by atoms with Crippen molar-refractivity contribution in [1.29, 1.82) is 0 Å². The smallest absolute Gasteiger partial charge is 0.276 e. The van der Waals surface area contributed by atoms with Gasteiger partial charge in [0, 0.05) is 26.4 Å². The third-order valence-electron chi connectivity index (χ3n) is 4.19. The maximum atomic E-state index is 13.0. The van der Waals surface area contributed by atoms with Crippen molar-refractivity contribution in [2.24, 2.45) is 0 Å². The number of hydrogen-bond donors (Lipinski definition) is 1. The molecule has 1 saturated heterocycles. The summed E-state index contributed by atoms with van der Waals surface area (Å²) < 4.78 is 5.38. The standard InChI is InChI=1S/C18H21N3O3/c1-12-16(20-13(2)24-12)18(23)21-10-6-9-19-17(22)15(21)11-14-7-4-3-5-8-14/h3-5,7-8,15H,6,9-11H2,1-2H3,(H,19,22)/t15-/m1/s1. The molecule has 2 aromatic rings. The highest BCUT2D eigenvalue weighted by molar-refractivity contribution is 5.97. The predicted molar refractivity (Wildman–Crippen MR) is 88.6 cm³/mol. The maximum absolute atomic E-state index is 13.0. The summed E-state index contributed by atoms with van der Waals surface area (Å²) in [5, 5.41) is 2.89. The van der Waals surface area contributed by atoms with Crippen LogP contribution in [0, 0.1) is 13.8 Å². The Kier molecular flexibility index (Phi) is 4.64. The number of oxazole rings is 1. The Balaban J connectivity index is 1.90. The van der Waals surface area contributed by atoms with Gasteiger partial charge < -0.3 is 14.6 Å². The zero-order chi connectivity index (χ0) is 17.1. The average Bonchev–Trinajstić information content (AvgIpc) is 2.81. The first-order valence-electron chi connectivity index (χ1n) is 8.13. The van der Waals surface area contributed by atoms with Crippen LogP contribution in [0.25, 0.3) is 0 Å². The topological polar surface area (TPSA) is 75.4 Å². The molecule has 126 valence electrons. The number of amides is 2. The summed E-state index contributed by atoms with van der Waals surface area (Å²) in [7, 11) is 0. The Morgan fingerprint density at radius 2 is 2.08 bits per heavy atom. The zero-order valence-corrected chi connectivity index (χ0v) is 13.9. The summed E-state index contributed by atoms with van der Waals surface area (Å²) in [5.41, 5.74) is 1.31. The second-order valence-electron chi connectivity index (χ2n) is 5.99. The fraction of sp³-hybridized carbons (Fsp3) is 0.389. The van der Waals surface area contributed by atoms with Gasteiger partial charge in [0.15, 0.2) is 11.6 Å². The molecule has 0 saturated carbocycles. The molecule has 0 unspecified atom stereocenters. The largest absolute Gasteiger partial charge is 0.445 e. The molecule has 1 N–H and O–H groups in total. The first-order valence-corrected chi connectivity index (χ1v) is 8.13. The summed E-state index contributed by atoms with van der Waals surface area (Å²) >= 11 is 0. The van der Waals surface area contributed by atoms with Crippen LogP contribution >= 0.6 is 0 Å². The van der Waals surface area contributed by atoms with E-state index in [4.69, 9.17) is 4.42 Å². The molecule has 6 heteroatoms. The van der Waals surface area contributed by atoms with Gasteiger partial charge in [-0.05, 0) is 18.9 Å². The van der Waals surface area contributed by atoms with E-state index in [1.807, 2.05) is 30.3 Å². The van der Waals surface area contributed by atoms with Gasteiger partial charge in [0.1, 0.15) is 11.8 Å². The van der Waals surface area contributed by atoms with Crippen molar-refractivity contribution in [3.05, 3.63) is 53.2 Å². The van der Waals surface area contributed by atoms with Crippen molar-refractivity contribution < 1.29 is 14.0 Å². The Morgan fingerprint density at radius 3 is 2.75 bits per heavy atom. The van der Waals surface area contributed by atoms with E-state index >= 15 is 0 Å². The first kappa shape index (κ1) is 16.2. The summed E-state index contributed by atoms with van der Waals surface area (Å²) in [5.74, 6) is 0.570. The van der Waals surface area contributed by atoms with Crippen LogP contribution in [0.15, 0.2) is 34.7 Å². The van der Waals surface area contributed by atoms with Crippen molar-refractivity contribution in [2.75, 3.05) is 13.1 Å². The molecular weight excluding hydrogens is 306 g/mol. The van der Waals surface area contributed by atoms with Gasteiger partial charge in [0.05, 0.1) is 0 Å². The highest BCUT2D eigenvalue weighted by atomic mass is 16.4. The highest BCUT2D eigenvalue weighted by Crippen LogP contribution is 2.18. The molecule has 0 spiro atoms. The predicted octanol–water partition coefficient (Wildman–Crippen LogP) is 1.86. The van der Waals surface area contributed by atoms with E-state index in [-0.39, 0.29) is 11.8 Å². The van der Waals surface area contributed by atoms with E-state index in [0.717, 1.165) is 12.0 Å². The third-order valence-corrected chi connectivity index (χ3v) is 4.19. The van der Waals surface area contributed by atoms with Gasteiger partial charge in [-0.25, -0.2) is 4.98 Å². The molecule has 2 amide bonds. The summed E-state index contributed by atoms with van der Waals surface area (Å²) in [6, 6.07) is 9.18. The molecule has 1 aliphatic rings. The Labute approximate surface area is 140 Å². The van der Waals surface area contributed by atoms with Gasteiger partial charge >= 0.3 is 0 Å². The van der Waals surface area contributed by atoms with E-state index in [9.17, 15) is 9.59 Å². The number of aromatic nitrogens is 1. The SMILES string of the molecule is Cc1nc(C(=O)N2CCCNC(=O)[C@H]2Cc2ccccc2)c(C)o1. The minimum atomic E-state index is -0.543. The van der Waals surface area contributed by atoms with E-state index in [1.54, 1.807) is 18.7 Å². The minimum absolute atomic E-state index is 0.123. The highest BCUT2D eigenvalue weighted by Gasteiger charge is 2.34. The van der Waals surface area contributed by atoms with Crippen molar-refractivity contribution >= 4 is 11.8 Å². The fourth-order valence-electron chi connectivity index (χ4n) is 3.02. The van der Waals surface area contributed by atoms with E-state index in [2.05, 4.69) is 10.3 Å². The first-order chi connectivity index (χ1) is 11.6. The molecule has 1 aromatic carbocycles. The monoisotopic (exact) mass is 327 g/mol. The van der Waals surface area contributed by atoms with Gasteiger partial charge in [-0.2, -0.15) is 0 Å². The molecule has 1 atom stereocenters. The van der Waals surface area contributed by atoms with E-state index in [1.165, 1.54) is 0 Å². The number of hydrogen-bond acceptors (Lipinski definition) is 4. The van der Waals surface area contributed by atoms with Crippen LogP contribution in [0.1, 0.15) is 34.1 Å². The van der Waals surface area contributed by atoms with Gasteiger partial charge in [-0.3, -0.25) is 9.59 Å². The van der Waals surface area contributed by atoms with Crippen LogP contribution in [0.2, 0.25) is 0 Å². The number of nitrogens with zero attached hydrogens (tertiary/aromatic N) is 2.